The van der Waals surface area contributed by atoms with Gasteiger partial charge in [0.05, 0.1) is 6.61 Å². The van der Waals surface area contributed by atoms with Crippen LogP contribution >= 0.6 is 0 Å². The number of benzene rings is 1. The first kappa shape index (κ1) is 15.8. The Kier molecular flexibility index (Phi) is 4.28. The first-order valence-electron chi connectivity index (χ1n) is 7.59. The van der Waals surface area contributed by atoms with Crippen LogP contribution in [0.15, 0.2) is 41.9 Å². The summed E-state index contributed by atoms with van der Waals surface area (Å²) in [5.74, 6) is -1.91. The summed E-state index contributed by atoms with van der Waals surface area (Å²) < 4.78 is 22.2. The Morgan fingerprint density at radius 2 is 2.04 bits per heavy atom. The minimum absolute atomic E-state index is 0.126. The Morgan fingerprint density at radius 1 is 1.30 bits per heavy atom. The number of ether oxygens (including phenoxy) is 4. The molecule has 6 heteroatoms. The van der Waals surface area contributed by atoms with Crippen LogP contribution in [0.5, 0.6) is 0 Å². The number of aliphatic hydroxyl groups is 1. The van der Waals surface area contributed by atoms with Crippen molar-refractivity contribution in [1.82, 2.24) is 0 Å². The van der Waals surface area contributed by atoms with Gasteiger partial charge >= 0.3 is 5.97 Å². The van der Waals surface area contributed by atoms with Gasteiger partial charge in [-0.05, 0) is 19.4 Å². The van der Waals surface area contributed by atoms with Crippen molar-refractivity contribution < 1.29 is 28.8 Å². The number of rotatable bonds is 4. The smallest absolute Gasteiger partial charge is 0.378 e. The summed E-state index contributed by atoms with van der Waals surface area (Å²) in [5.41, 5.74) is 0.930. The van der Waals surface area contributed by atoms with Gasteiger partial charge in [0.1, 0.15) is 12.7 Å². The standard InChI is InChI=1S/C17H20O6/c1-17(2)21-9-8-12(23-17)14-15(13(18)16(19)22-14)20-10-11-6-4-3-5-7-11/h3-7,12,14,18H,8-10H2,1-2H3/t12-,14+/m0/s1. The molecule has 2 heterocycles. The van der Waals surface area contributed by atoms with Gasteiger partial charge in [0.15, 0.2) is 17.7 Å². The van der Waals surface area contributed by atoms with Gasteiger partial charge in [-0.25, -0.2) is 4.79 Å². The molecule has 0 spiro atoms. The van der Waals surface area contributed by atoms with E-state index < -0.39 is 29.7 Å². The largest absolute Gasteiger partial charge is 0.499 e. The van der Waals surface area contributed by atoms with Gasteiger partial charge in [-0.2, -0.15) is 0 Å². The van der Waals surface area contributed by atoms with Crippen molar-refractivity contribution in [3.8, 4) is 0 Å². The summed E-state index contributed by atoms with van der Waals surface area (Å²) in [5, 5.41) is 9.96. The van der Waals surface area contributed by atoms with Crippen LogP contribution in [0.4, 0.5) is 0 Å². The van der Waals surface area contributed by atoms with Gasteiger partial charge in [-0.3, -0.25) is 0 Å². The summed E-state index contributed by atoms with van der Waals surface area (Å²) in [6.45, 7) is 4.31. The summed E-state index contributed by atoms with van der Waals surface area (Å²) in [7, 11) is 0. The highest BCUT2D eigenvalue weighted by Gasteiger charge is 2.45. The predicted octanol–water partition coefficient (Wildman–Crippen LogP) is 2.44. The maximum absolute atomic E-state index is 11.7. The molecule has 6 nitrogen and oxygen atoms in total. The van der Waals surface area contributed by atoms with Crippen LogP contribution in [-0.4, -0.2) is 35.7 Å². The molecule has 0 saturated carbocycles. The molecule has 2 aliphatic rings. The van der Waals surface area contributed by atoms with Crippen LogP contribution in [-0.2, 0) is 30.3 Å². The van der Waals surface area contributed by atoms with Crippen molar-refractivity contribution in [2.24, 2.45) is 0 Å². The molecule has 1 saturated heterocycles. The van der Waals surface area contributed by atoms with Crippen LogP contribution < -0.4 is 0 Å². The Hall–Kier alpha value is -2.05. The fourth-order valence-corrected chi connectivity index (χ4v) is 2.68. The van der Waals surface area contributed by atoms with E-state index in [4.69, 9.17) is 18.9 Å². The Balaban J connectivity index is 1.74. The third-order valence-corrected chi connectivity index (χ3v) is 3.78. The topological polar surface area (TPSA) is 74.2 Å². The van der Waals surface area contributed by atoms with Crippen molar-refractivity contribution in [3.63, 3.8) is 0 Å². The molecular weight excluding hydrogens is 300 g/mol. The molecule has 0 radical (unpaired) electrons. The van der Waals surface area contributed by atoms with Gasteiger partial charge in [-0.15, -0.1) is 0 Å². The number of hydrogen-bond acceptors (Lipinski definition) is 6. The van der Waals surface area contributed by atoms with Crippen molar-refractivity contribution in [2.75, 3.05) is 6.61 Å². The highest BCUT2D eigenvalue weighted by Crippen LogP contribution is 2.33. The second-order valence-electron chi connectivity index (χ2n) is 6.01. The summed E-state index contributed by atoms with van der Waals surface area (Å²) >= 11 is 0. The van der Waals surface area contributed by atoms with E-state index in [0.29, 0.717) is 13.0 Å². The lowest BCUT2D eigenvalue weighted by Gasteiger charge is -2.38. The van der Waals surface area contributed by atoms with Crippen molar-refractivity contribution in [1.29, 1.82) is 0 Å². The summed E-state index contributed by atoms with van der Waals surface area (Å²) in [4.78, 5) is 11.7. The zero-order valence-electron chi connectivity index (χ0n) is 13.2. The lowest BCUT2D eigenvalue weighted by molar-refractivity contribution is -0.287. The molecule has 23 heavy (non-hydrogen) atoms. The molecule has 2 atom stereocenters. The SMILES string of the molecule is CC1(C)OCC[C@@H]([C@H]2OC(=O)C(O)=C2OCc2ccccc2)O1. The molecule has 1 aromatic rings. The summed E-state index contributed by atoms with van der Waals surface area (Å²) in [6.07, 6.45) is -0.625. The van der Waals surface area contributed by atoms with Gasteiger partial charge in [0.25, 0.3) is 0 Å². The van der Waals surface area contributed by atoms with E-state index in [-0.39, 0.29) is 12.4 Å². The van der Waals surface area contributed by atoms with E-state index in [0.717, 1.165) is 5.56 Å². The molecule has 0 aromatic heterocycles. The van der Waals surface area contributed by atoms with Crippen molar-refractivity contribution >= 4 is 5.97 Å². The van der Waals surface area contributed by atoms with Gasteiger partial charge in [-0.1, -0.05) is 30.3 Å². The third kappa shape index (κ3) is 3.48. The molecular formula is C17H20O6. The fraction of sp³-hybridized carbons (Fsp3) is 0.471. The van der Waals surface area contributed by atoms with Gasteiger partial charge in [0.2, 0.25) is 5.76 Å². The third-order valence-electron chi connectivity index (χ3n) is 3.78. The molecule has 2 aliphatic heterocycles. The normalized spacial score (nSPS) is 27.0. The van der Waals surface area contributed by atoms with Crippen LogP contribution in [0.3, 0.4) is 0 Å². The molecule has 0 amide bonds. The molecule has 1 aromatic carbocycles. The minimum atomic E-state index is -0.786. The van der Waals surface area contributed by atoms with Crippen LogP contribution in [0.25, 0.3) is 0 Å². The quantitative estimate of drug-likeness (QED) is 0.859. The highest BCUT2D eigenvalue weighted by molar-refractivity contribution is 5.89. The monoisotopic (exact) mass is 320 g/mol. The summed E-state index contributed by atoms with van der Waals surface area (Å²) in [6, 6.07) is 9.50. The minimum Gasteiger partial charge on any atom is -0.499 e. The first-order valence-corrected chi connectivity index (χ1v) is 7.59. The van der Waals surface area contributed by atoms with E-state index in [1.165, 1.54) is 0 Å². The van der Waals surface area contributed by atoms with E-state index in [1.807, 2.05) is 30.3 Å². The van der Waals surface area contributed by atoms with Crippen LogP contribution in [0.2, 0.25) is 0 Å². The van der Waals surface area contributed by atoms with E-state index >= 15 is 0 Å². The fourth-order valence-electron chi connectivity index (χ4n) is 2.68. The Bertz CT molecular complexity index is 607. The number of carbonyl (C=O) groups excluding carboxylic acids is 1. The number of esters is 1. The average Bonchev–Trinajstić information content (AvgIpc) is 2.81. The number of hydrogen-bond donors (Lipinski definition) is 1. The molecule has 1 fully saturated rings. The molecule has 3 rings (SSSR count). The second-order valence-corrected chi connectivity index (χ2v) is 6.01. The Morgan fingerprint density at radius 3 is 2.74 bits per heavy atom. The van der Waals surface area contributed by atoms with Gasteiger partial charge < -0.3 is 24.1 Å². The zero-order chi connectivity index (χ0) is 16.4. The molecule has 1 N–H and O–H groups in total. The van der Waals surface area contributed by atoms with Crippen molar-refractivity contribution in [2.45, 2.75) is 44.9 Å². The van der Waals surface area contributed by atoms with E-state index in [2.05, 4.69) is 0 Å². The zero-order valence-corrected chi connectivity index (χ0v) is 13.2. The maximum atomic E-state index is 11.7. The molecule has 0 unspecified atom stereocenters. The Labute approximate surface area is 134 Å². The van der Waals surface area contributed by atoms with Crippen LogP contribution in [0.1, 0.15) is 25.8 Å². The number of carbonyl (C=O) groups is 1. The number of cyclic esters (lactones) is 1. The first-order chi connectivity index (χ1) is 11.0. The molecule has 0 aliphatic carbocycles. The van der Waals surface area contributed by atoms with E-state index in [9.17, 15) is 9.90 Å². The van der Waals surface area contributed by atoms with Gasteiger partial charge in [0, 0.05) is 6.42 Å². The second kappa shape index (κ2) is 6.22. The highest BCUT2D eigenvalue weighted by atomic mass is 16.7. The molecule has 124 valence electrons. The maximum Gasteiger partial charge on any atom is 0.378 e. The predicted molar refractivity (Wildman–Crippen MR) is 80.3 cm³/mol. The number of aliphatic hydroxyl groups excluding tert-OH is 1. The van der Waals surface area contributed by atoms with Crippen LogP contribution in [0, 0.1) is 0 Å². The van der Waals surface area contributed by atoms with E-state index in [1.54, 1.807) is 13.8 Å². The molecule has 0 bridgehead atoms. The average molecular weight is 320 g/mol. The lowest BCUT2D eigenvalue weighted by atomic mass is 10.1. The van der Waals surface area contributed by atoms with Crippen molar-refractivity contribution in [3.05, 3.63) is 47.4 Å². The lowest BCUT2D eigenvalue weighted by Crippen LogP contribution is -2.46.